The molecule has 11 heteroatoms. The maximum absolute atomic E-state index is 13.9. The monoisotopic (exact) mass is 570 g/mol. The van der Waals surface area contributed by atoms with Gasteiger partial charge in [0.25, 0.3) is 15.6 Å². The molecule has 1 saturated carbocycles. The van der Waals surface area contributed by atoms with Gasteiger partial charge < -0.3 is 10.6 Å². The van der Waals surface area contributed by atoms with Crippen molar-refractivity contribution in [1.29, 1.82) is 0 Å². The van der Waals surface area contributed by atoms with Crippen LogP contribution in [-0.2, 0) is 16.4 Å². The van der Waals surface area contributed by atoms with Crippen molar-refractivity contribution in [1.82, 2.24) is 19.9 Å². The number of pyridine rings is 1. The van der Waals surface area contributed by atoms with Crippen molar-refractivity contribution in [2.24, 2.45) is 5.92 Å². The van der Waals surface area contributed by atoms with E-state index in [2.05, 4.69) is 37.5 Å². The number of carbonyl (C=O) groups excluding carboxylic acids is 1. The normalized spacial score (nSPS) is 21.6. The summed E-state index contributed by atoms with van der Waals surface area (Å²) in [6.45, 7) is 2.02. The number of aromatic nitrogens is 3. The van der Waals surface area contributed by atoms with E-state index in [1.807, 2.05) is 24.3 Å². The van der Waals surface area contributed by atoms with E-state index < -0.39 is 21.0 Å². The largest absolute Gasteiger partial charge is 0.324 e. The molecule has 0 spiro atoms. The number of hydrogen-bond donors (Lipinski definition) is 3. The van der Waals surface area contributed by atoms with Gasteiger partial charge in [-0.1, -0.05) is 30.3 Å². The van der Waals surface area contributed by atoms with Crippen LogP contribution in [0.5, 0.6) is 0 Å². The number of nitrogens with one attached hydrogen (secondary N) is 3. The molecule has 3 aliphatic rings. The van der Waals surface area contributed by atoms with Crippen LogP contribution in [0.15, 0.2) is 65.6 Å². The third-order valence-corrected chi connectivity index (χ3v) is 9.83. The lowest BCUT2D eigenvalue weighted by Gasteiger charge is -2.28. The third-order valence-electron chi connectivity index (χ3n) is 8.23. The minimum atomic E-state index is -4.02. The van der Waals surface area contributed by atoms with E-state index >= 15 is 0 Å². The third kappa shape index (κ3) is 4.89. The number of para-hydroxylation sites is 1. The number of nitrogens with zero attached hydrogens (tertiary/aromatic N) is 3. The number of fused-ring (bicyclic) bond motifs is 2. The molecule has 1 saturated heterocycles. The van der Waals surface area contributed by atoms with Gasteiger partial charge in [0.15, 0.2) is 11.2 Å². The highest BCUT2D eigenvalue weighted by Crippen LogP contribution is 2.35. The molecule has 2 unspecified atom stereocenters. The lowest BCUT2D eigenvalue weighted by molar-refractivity contribution is 0.0965. The van der Waals surface area contributed by atoms with Crippen molar-refractivity contribution in [2.75, 3.05) is 23.1 Å². The van der Waals surface area contributed by atoms with Crippen molar-refractivity contribution in [3.63, 3.8) is 0 Å². The molecule has 0 bridgehead atoms. The summed E-state index contributed by atoms with van der Waals surface area (Å²) in [6, 6.07) is 16.7. The van der Waals surface area contributed by atoms with Gasteiger partial charge in [0.2, 0.25) is 5.95 Å². The molecule has 3 N–H and O–H groups in total. The maximum atomic E-state index is 13.9. The smallest absolute Gasteiger partial charge is 0.264 e. The molecule has 2 atom stereocenters. The van der Waals surface area contributed by atoms with Crippen molar-refractivity contribution < 1.29 is 13.2 Å². The second kappa shape index (κ2) is 10.1. The molecule has 0 radical (unpaired) electrons. The van der Waals surface area contributed by atoms with Crippen molar-refractivity contribution in [2.45, 2.75) is 43.4 Å². The summed E-state index contributed by atoms with van der Waals surface area (Å²) in [4.78, 5) is 36.0. The van der Waals surface area contributed by atoms with E-state index in [-0.39, 0.29) is 35.3 Å². The first-order chi connectivity index (χ1) is 19.9. The molecule has 0 amide bonds. The molecule has 2 aromatic heterocycles. The van der Waals surface area contributed by atoms with Crippen molar-refractivity contribution in [3.05, 3.63) is 87.8 Å². The molecule has 2 aromatic carbocycles. The fourth-order valence-corrected chi connectivity index (χ4v) is 7.35. The predicted octanol–water partition coefficient (Wildman–Crippen LogP) is 4.09. The number of benzene rings is 2. The number of Topliss-reactive ketones (excluding diaryl/α,β-unsaturated/α-hetero) is 1. The van der Waals surface area contributed by atoms with Crippen LogP contribution in [0, 0.1) is 5.92 Å². The van der Waals surface area contributed by atoms with Crippen molar-refractivity contribution >= 4 is 44.2 Å². The van der Waals surface area contributed by atoms with Crippen LogP contribution in [-0.4, -0.2) is 41.8 Å². The van der Waals surface area contributed by atoms with Gasteiger partial charge in [0.05, 0.1) is 11.3 Å². The zero-order valence-electron chi connectivity index (χ0n) is 22.3. The Morgan fingerprint density at radius 2 is 1.85 bits per heavy atom. The van der Waals surface area contributed by atoms with Gasteiger partial charge in [-0.15, -0.1) is 0 Å². The number of anilines is 3. The zero-order valence-corrected chi connectivity index (χ0v) is 23.2. The Balaban J connectivity index is 1.30. The molecule has 4 aromatic rings. The molecule has 41 heavy (non-hydrogen) atoms. The summed E-state index contributed by atoms with van der Waals surface area (Å²) in [7, 11) is -4.02. The number of sulfonamides is 1. The van der Waals surface area contributed by atoms with Gasteiger partial charge in [0.1, 0.15) is 5.65 Å². The average molecular weight is 571 g/mol. The van der Waals surface area contributed by atoms with E-state index in [1.54, 1.807) is 12.1 Å². The lowest BCUT2D eigenvalue weighted by atomic mass is 9.92. The van der Waals surface area contributed by atoms with Gasteiger partial charge in [-0.2, -0.15) is 4.98 Å². The van der Waals surface area contributed by atoms with Crippen LogP contribution < -0.4 is 20.9 Å². The maximum Gasteiger partial charge on any atom is 0.264 e. The highest BCUT2D eigenvalue weighted by Gasteiger charge is 2.38. The summed E-state index contributed by atoms with van der Waals surface area (Å²) in [5.74, 6) is 0.237. The van der Waals surface area contributed by atoms with E-state index in [9.17, 15) is 18.0 Å². The Labute approximate surface area is 237 Å². The second-order valence-corrected chi connectivity index (χ2v) is 12.9. The van der Waals surface area contributed by atoms with E-state index in [0.717, 1.165) is 54.6 Å². The second-order valence-electron chi connectivity index (χ2n) is 11.1. The quantitative estimate of drug-likeness (QED) is 0.295. The number of hydrogen-bond acceptors (Lipinski definition) is 8. The van der Waals surface area contributed by atoms with Crippen LogP contribution >= 0.6 is 0 Å². The molecule has 1 aliphatic carbocycles. The topological polar surface area (TPSA) is 135 Å². The Kier molecular flexibility index (Phi) is 6.35. The standard InChI is InChI=1S/C30H30N6O4S/c37-27(19-7-8-19)24-14-22-17-32-30(33-23-11-9-18(10-12-23)21-5-3-13-31-16-21)34-28(22)36(29(24)38)26-15-20-4-1-2-6-25(20)35-41(26,39)40/h1-2,4,6,9-12,14,17,19,21,26,31,35H,3,5,7-8,13,15-16H2,(H,32,33,34). The average Bonchev–Trinajstić information content (AvgIpc) is 3.83. The first kappa shape index (κ1) is 25.8. The summed E-state index contributed by atoms with van der Waals surface area (Å²) in [6.07, 6.45) is 5.35. The molecular formula is C30H30N6O4S. The fraction of sp³-hybridized carbons (Fsp3) is 0.333. The van der Waals surface area contributed by atoms with Gasteiger partial charge in [-0.3, -0.25) is 18.9 Å². The van der Waals surface area contributed by atoms with E-state index in [1.165, 1.54) is 17.8 Å². The predicted molar refractivity (Wildman–Crippen MR) is 157 cm³/mol. The Morgan fingerprint density at radius 3 is 2.61 bits per heavy atom. The van der Waals surface area contributed by atoms with Gasteiger partial charge in [-0.25, -0.2) is 13.4 Å². The SMILES string of the molecule is O=C(c1cc2cnc(Nc3ccc(C4CCCNC4)cc3)nc2n(C2Cc3ccccc3NS2(=O)=O)c1=O)C1CC1. The molecule has 2 fully saturated rings. The van der Waals surface area contributed by atoms with Gasteiger partial charge >= 0.3 is 0 Å². The minimum absolute atomic E-state index is 0.0221. The van der Waals surface area contributed by atoms with Crippen LogP contribution in [0.2, 0.25) is 0 Å². The summed E-state index contributed by atoms with van der Waals surface area (Å²) >= 11 is 0. The summed E-state index contributed by atoms with van der Waals surface area (Å²) in [5.41, 5.74) is 2.75. The Bertz CT molecular complexity index is 1830. The highest BCUT2D eigenvalue weighted by atomic mass is 32.2. The molecule has 7 rings (SSSR count). The van der Waals surface area contributed by atoms with E-state index in [0.29, 0.717) is 17.0 Å². The van der Waals surface area contributed by atoms with Crippen molar-refractivity contribution in [3.8, 4) is 0 Å². The van der Waals surface area contributed by atoms with Crippen LogP contribution in [0.25, 0.3) is 11.0 Å². The first-order valence-electron chi connectivity index (χ1n) is 14.0. The van der Waals surface area contributed by atoms with E-state index in [4.69, 9.17) is 0 Å². The Hall–Kier alpha value is -4.09. The van der Waals surface area contributed by atoms with Crippen LogP contribution in [0.1, 0.15) is 58.5 Å². The lowest BCUT2D eigenvalue weighted by Crippen LogP contribution is -2.39. The van der Waals surface area contributed by atoms with Gasteiger partial charge in [-0.05, 0) is 73.5 Å². The summed E-state index contributed by atoms with van der Waals surface area (Å²) in [5, 5.41) is 5.77. The number of piperidine rings is 1. The first-order valence-corrected chi connectivity index (χ1v) is 15.6. The molecule has 2 aliphatic heterocycles. The number of ketones is 1. The number of rotatable bonds is 6. The molecular weight excluding hydrogens is 540 g/mol. The van der Waals surface area contributed by atoms with Gasteiger partial charge in [0, 0.05) is 36.2 Å². The summed E-state index contributed by atoms with van der Waals surface area (Å²) < 4.78 is 30.7. The fourth-order valence-electron chi connectivity index (χ4n) is 5.84. The molecule has 10 nitrogen and oxygen atoms in total. The Morgan fingerprint density at radius 1 is 1.05 bits per heavy atom. The zero-order chi connectivity index (χ0) is 28.1. The van der Waals surface area contributed by atoms with Crippen LogP contribution in [0.3, 0.4) is 0 Å². The van der Waals surface area contributed by atoms with Crippen LogP contribution in [0.4, 0.5) is 17.3 Å². The highest BCUT2D eigenvalue weighted by molar-refractivity contribution is 7.92. The minimum Gasteiger partial charge on any atom is -0.324 e. The molecule has 4 heterocycles. The number of carbonyl (C=O) groups is 1. The molecule has 210 valence electrons.